The third-order valence-corrected chi connectivity index (χ3v) is 3.74. The van der Waals surface area contributed by atoms with Crippen molar-refractivity contribution in [2.45, 2.75) is 0 Å². The zero-order valence-corrected chi connectivity index (χ0v) is 12.0. The van der Waals surface area contributed by atoms with Crippen molar-refractivity contribution in [2.75, 3.05) is 0 Å². The van der Waals surface area contributed by atoms with Gasteiger partial charge < -0.3 is 9.72 Å². The van der Waals surface area contributed by atoms with Crippen molar-refractivity contribution < 1.29 is 4.74 Å². The lowest BCUT2D eigenvalue weighted by molar-refractivity contribution is 0.484. The van der Waals surface area contributed by atoms with Crippen molar-refractivity contribution in [3.05, 3.63) is 85.1 Å². The van der Waals surface area contributed by atoms with Crippen LogP contribution in [0.3, 0.4) is 0 Å². The van der Waals surface area contributed by atoms with Crippen LogP contribution in [0.15, 0.2) is 85.1 Å². The molecule has 0 spiro atoms. The average Bonchev–Trinajstić information content (AvgIpc) is 3.05. The molecule has 3 aromatic carbocycles. The second kappa shape index (κ2) is 5.41. The highest BCUT2D eigenvalue weighted by molar-refractivity contribution is 5.95. The standard InChI is InChI=1S/C20H15NO/c1-2-8-16(9-3-1)22-19-12-5-4-10-17(19)18-11-6-7-15-13-14-21-20(15)18/h1-14,21H. The van der Waals surface area contributed by atoms with Gasteiger partial charge in [0.1, 0.15) is 11.5 Å². The molecule has 0 saturated carbocycles. The predicted octanol–water partition coefficient (Wildman–Crippen LogP) is 5.63. The fourth-order valence-electron chi connectivity index (χ4n) is 2.70. The minimum absolute atomic E-state index is 0.841. The predicted molar refractivity (Wildman–Crippen MR) is 90.3 cm³/mol. The molecule has 2 heteroatoms. The monoisotopic (exact) mass is 285 g/mol. The van der Waals surface area contributed by atoms with Crippen LogP contribution in [0.1, 0.15) is 0 Å². The molecule has 0 aliphatic carbocycles. The Morgan fingerprint density at radius 3 is 2.32 bits per heavy atom. The maximum absolute atomic E-state index is 6.08. The van der Waals surface area contributed by atoms with E-state index < -0.39 is 0 Å². The maximum atomic E-state index is 6.08. The van der Waals surface area contributed by atoms with Gasteiger partial charge in [-0.05, 0) is 29.7 Å². The summed E-state index contributed by atoms with van der Waals surface area (Å²) in [6.07, 6.45) is 1.97. The largest absolute Gasteiger partial charge is 0.457 e. The van der Waals surface area contributed by atoms with Crippen molar-refractivity contribution in [2.24, 2.45) is 0 Å². The number of rotatable bonds is 3. The number of hydrogen-bond acceptors (Lipinski definition) is 1. The highest BCUT2D eigenvalue weighted by Gasteiger charge is 2.10. The van der Waals surface area contributed by atoms with Crippen LogP contribution in [0.5, 0.6) is 11.5 Å². The van der Waals surface area contributed by atoms with E-state index in [1.54, 1.807) is 0 Å². The number of para-hydroxylation sites is 3. The number of aromatic amines is 1. The Balaban J connectivity index is 1.84. The van der Waals surface area contributed by atoms with Crippen molar-refractivity contribution >= 4 is 10.9 Å². The van der Waals surface area contributed by atoms with Crippen molar-refractivity contribution in [1.82, 2.24) is 4.98 Å². The van der Waals surface area contributed by atoms with Gasteiger partial charge in [-0.3, -0.25) is 0 Å². The Hall–Kier alpha value is -3.00. The van der Waals surface area contributed by atoms with Gasteiger partial charge in [0.05, 0.1) is 5.52 Å². The van der Waals surface area contributed by atoms with Crippen molar-refractivity contribution in [3.8, 4) is 22.6 Å². The van der Waals surface area contributed by atoms with E-state index in [2.05, 4.69) is 35.3 Å². The quantitative estimate of drug-likeness (QED) is 0.518. The van der Waals surface area contributed by atoms with Gasteiger partial charge in [-0.15, -0.1) is 0 Å². The lowest BCUT2D eigenvalue weighted by atomic mass is 10.0. The zero-order chi connectivity index (χ0) is 14.8. The Bertz CT molecular complexity index is 909. The van der Waals surface area contributed by atoms with Gasteiger partial charge >= 0.3 is 0 Å². The molecule has 4 aromatic rings. The summed E-state index contributed by atoms with van der Waals surface area (Å²) in [4.78, 5) is 3.32. The third-order valence-electron chi connectivity index (χ3n) is 3.74. The normalized spacial score (nSPS) is 10.7. The number of aromatic nitrogens is 1. The van der Waals surface area contributed by atoms with Crippen LogP contribution in [0.4, 0.5) is 0 Å². The molecule has 0 fully saturated rings. The summed E-state index contributed by atoms with van der Waals surface area (Å²) in [5.74, 6) is 1.70. The van der Waals surface area contributed by atoms with Gasteiger partial charge in [0.15, 0.2) is 0 Å². The van der Waals surface area contributed by atoms with Crippen LogP contribution in [0, 0.1) is 0 Å². The average molecular weight is 285 g/mol. The Morgan fingerprint density at radius 2 is 1.41 bits per heavy atom. The molecule has 0 unspecified atom stereocenters. The number of H-pyrrole nitrogens is 1. The molecule has 4 rings (SSSR count). The van der Waals surface area contributed by atoms with Crippen LogP contribution in [-0.2, 0) is 0 Å². The molecule has 0 aliphatic rings. The zero-order valence-electron chi connectivity index (χ0n) is 12.0. The molecule has 0 radical (unpaired) electrons. The summed E-state index contributed by atoms with van der Waals surface area (Å²) < 4.78 is 6.08. The topological polar surface area (TPSA) is 25.0 Å². The van der Waals surface area contributed by atoms with E-state index in [1.165, 1.54) is 5.39 Å². The Labute approximate surface area is 129 Å². The van der Waals surface area contributed by atoms with Crippen LogP contribution in [0.2, 0.25) is 0 Å². The molecule has 2 nitrogen and oxygen atoms in total. The number of nitrogens with one attached hydrogen (secondary N) is 1. The molecule has 22 heavy (non-hydrogen) atoms. The van der Waals surface area contributed by atoms with Crippen molar-refractivity contribution in [1.29, 1.82) is 0 Å². The molecule has 0 amide bonds. The molecular formula is C20H15NO. The van der Waals surface area contributed by atoms with Crippen molar-refractivity contribution in [3.63, 3.8) is 0 Å². The lowest BCUT2D eigenvalue weighted by Crippen LogP contribution is -1.88. The summed E-state index contributed by atoms with van der Waals surface area (Å²) in [5.41, 5.74) is 3.36. The van der Waals surface area contributed by atoms with Gasteiger partial charge in [0.25, 0.3) is 0 Å². The molecule has 1 N–H and O–H groups in total. The first kappa shape index (κ1) is 12.7. The first-order valence-electron chi connectivity index (χ1n) is 7.30. The van der Waals surface area contributed by atoms with Crippen LogP contribution >= 0.6 is 0 Å². The van der Waals surface area contributed by atoms with E-state index in [-0.39, 0.29) is 0 Å². The van der Waals surface area contributed by atoms with Gasteiger partial charge in [-0.1, -0.05) is 54.6 Å². The molecular weight excluding hydrogens is 270 g/mol. The van der Waals surface area contributed by atoms with E-state index in [4.69, 9.17) is 4.74 Å². The number of benzene rings is 3. The van der Waals surface area contributed by atoms with E-state index in [9.17, 15) is 0 Å². The first-order valence-corrected chi connectivity index (χ1v) is 7.30. The Kier molecular flexibility index (Phi) is 3.13. The van der Waals surface area contributed by atoms with Gasteiger partial charge in [0, 0.05) is 17.3 Å². The van der Waals surface area contributed by atoms with Crippen LogP contribution in [-0.4, -0.2) is 4.98 Å². The van der Waals surface area contributed by atoms with Gasteiger partial charge in [-0.25, -0.2) is 0 Å². The molecule has 0 aliphatic heterocycles. The smallest absolute Gasteiger partial charge is 0.135 e. The Morgan fingerprint density at radius 1 is 0.636 bits per heavy atom. The summed E-state index contributed by atoms with van der Waals surface area (Å²) >= 11 is 0. The van der Waals surface area contributed by atoms with E-state index in [0.717, 1.165) is 28.1 Å². The summed E-state index contributed by atoms with van der Waals surface area (Å²) in [6.45, 7) is 0. The number of hydrogen-bond donors (Lipinski definition) is 1. The van der Waals surface area contributed by atoms with Gasteiger partial charge in [-0.2, -0.15) is 0 Å². The fourth-order valence-corrected chi connectivity index (χ4v) is 2.70. The highest BCUT2D eigenvalue weighted by atomic mass is 16.5. The van der Waals surface area contributed by atoms with Gasteiger partial charge in [0.2, 0.25) is 0 Å². The minimum atomic E-state index is 0.841. The molecule has 0 atom stereocenters. The number of fused-ring (bicyclic) bond motifs is 1. The van der Waals surface area contributed by atoms with E-state index in [0.29, 0.717) is 0 Å². The number of ether oxygens (including phenoxy) is 1. The lowest BCUT2D eigenvalue weighted by Gasteiger charge is -2.12. The highest BCUT2D eigenvalue weighted by Crippen LogP contribution is 2.36. The summed E-state index contributed by atoms with van der Waals surface area (Å²) in [7, 11) is 0. The fraction of sp³-hybridized carbons (Fsp3) is 0. The first-order chi connectivity index (χ1) is 10.9. The molecule has 0 saturated heterocycles. The molecule has 106 valence electrons. The molecule has 1 aromatic heterocycles. The van der Waals surface area contributed by atoms with E-state index in [1.807, 2.05) is 54.7 Å². The molecule has 1 heterocycles. The second-order valence-corrected chi connectivity index (χ2v) is 5.16. The minimum Gasteiger partial charge on any atom is -0.457 e. The van der Waals surface area contributed by atoms with Crippen LogP contribution in [0.25, 0.3) is 22.0 Å². The van der Waals surface area contributed by atoms with Crippen LogP contribution < -0.4 is 4.74 Å². The SMILES string of the molecule is c1ccc(Oc2ccccc2-c2cccc3cc[nH]c23)cc1. The maximum Gasteiger partial charge on any atom is 0.135 e. The summed E-state index contributed by atoms with van der Waals surface area (Å²) in [5, 5.41) is 1.20. The van der Waals surface area contributed by atoms with E-state index >= 15 is 0 Å². The third kappa shape index (κ3) is 2.25. The molecule has 0 bridgehead atoms. The second-order valence-electron chi connectivity index (χ2n) is 5.16. The summed E-state index contributed by atoms with van der Waals surface area (Å²) in [6, 6.07) is 26.4.